The molecule has 9 nitrogen and oxygen atoms in total. The van der Waals surface area contributed by atoms with Crippen molar-refractivity contribution in [3.63, 3.8) is 0 Å². The molecule has 3 fully saturated rings. The Kier molecular flexibility index (Phi) is 5.07. The van der Waals surface area contributed by atoms with Gasteiger partial charge in [-0.3, -0.25) is 10.2 Å². The molecule has 3 atom stereocenters. The summed E-state index contributed by atoms with van der Waals surface area (Å²) in [5, 5.41) is 1.34. The van der Waals surface area contributed by atoms with Crippen LogP contribution >= 0.6 is 0 Å². The van der Waals surface area contributed by atoms with Gasteiger partial charge in [-0.1, -0.05) is 12.1 Å². The van der Waals surface area contributed by atoms with Crippen LogP contribution in [-0.4, -0.2) is 54.3 Å². The van der Waals surface area contributed by atoms with Gasteiger partial charge < -0.3 is 9.64 Å². The average molecular weight is 413 g/mol. The van der Waals surface area contributed by atoms with Gasteiger partial charge in [0.2, 0.25) is 11.9 Å². The Morgan fingerprint density at radius 3 is 2.67 bits per heavy atom. The Balaban J connectivity index is 1.37. The SMILES string of the molecule is Cc1cccc(F)c1N1NC2C(CC1=O)NNC2c1cnc(N2CCOCC2)nc1. The number of aromatic nitrogens is 2. The number of nitrogens with one attached hydrogen (secondary N) is 3. The zero-order chi connectivity index (χ0) is 20.7. The monoisotopic (exact) mass is 413 g/mol. The lowest BCUT2D eigenvalue weighted by molar-refractivity contribution is -0.121. The zero-order valence-electron chi connectivity index (χ0n) is 16.6. The van der Waals surface area contributed by atoms with Gasteiger partial charge in [0.25, 0.3) is 0 Å². The maximum atomic E-state index is 14.5. The summed E-state index contributed by atoms with van der Waals surface area (Å²) in [4.78, 5) is 23.8. The van der Waals surface area contributed by atoms with Crippen LogP contribution in [0.15, 0.2) is 30.6 Å². The van der Waals surface area contributed by atoms with E-state index < -0.39 is 5.82 Å². The second kappa shape index (κ2) is 7.88. The maximum Gasteiger partial charge on any atom is 0.243 e. The third-order valence-electron chi connectivity index (χ3n) is 5.86. The standard InChI is InChI=1S/C20H24FN7O2/c1-12-3-2-4-14(21)19(12)28-16(29)9-15-18(26-28)17(25-24-15)13-10-22-20(23-11-13)27-5-7-30-8-6-27/h2-4,10-11,15,17-18,24-26H,5-9H2,1H3. The number of hydrogen-bond acceptors (Lipinski definition) is 8. The van der Waals surface area contributed by atoms with E-state index in [1.165, 1.54) is 11.1 Å². The number of ether oxygens (including phenoxy) is 1. The average Bonchev–Trinajstić information content (AvgIpc) is 3.17. The molecule has 2 aromatic rings. The molecule has 3 N–H and O–H groups in total. The molecule has 0 bridgehead atoms. The minimum absolute atomic E-state index is 0.121. The molecule has 3 aliphatic heterocycles. The van der Waals surface area contributed by atoms with Gasteiger partial charge in [0, 0.05) is 43.5 Å². The van der Waals surface area contributed by atoms with E-state index in [0.717, 1.165) is 18.7 Å². The van der Waals surface area contributed by atoms with Crippen molar-refractivity contribution in [1.29, 1.82) is 0 Å². The Morgan fingerprint density at radius 2 is 1.93 bits per heavy atom. The molecule has 4 heterocycles. The van der Waals surface area contributed by atoms with Crippen LogP contribution in [0.4, 0.5) is 16.0 Å². The largest absolute Gasteiger partial charge is 0.378 e. The minimum Gasteiger partial charge on any atom is -0.378 e. The highest BCUT2D eigenvalue weighted by Crippen LogP contribution is 2.31. The summed E-state index contributed by atoms with van der Waals surface area (Å²) in [5.74, 6) is 0.0706. The number of rotatable bonds is 3. The molecule has 3 saturated heterocycles. The molecule has 10 heteroatoms. The number of amides is 1. The first-order valence-corrected chi connectivity index (χ1v) is 10.1. The molecular weight excluding hydrogens is 389 g/mol. The van der Waals surface area contributed by atoms with Crippen LogP contribution in [0.1, 0.15) is 23.6 Å². The van der Waals surface area contributed by atoms with Gasteiger partial charge in [-0.25, -0.2) is 30.2 Å². The second-order valence-electron chi connectivity index (χ2n) is 7.78. The highest BCUT2D eigenvalue weighted by Gasteiger charge is 2.44. The molecule has 0 spiro atoms. The van der Waals surface area contributed by atoms with Gasteiger partial charge in [-0.05, 0) is 18.6 Å². The predicted molar refractivity (Wildman–Crippen MR) is 108 cm³/mol. The lowest BCUT2D eigenvalue weighted by Crippen LogP contribution is -2.60. The Hall–Kier alpha value is -2.66. The number of para-hydroxylation sites is 1. The van der Waals surface area contributed by atoms with E-state index in [1.54, 1.807) is 31.5 Å². The molecule has 3 aliphatic rings. The van der Waals surface area contributed by atoms with Crippen molar-refractivity contribution in [2.45, 2.75) is 31.5 Å². The van der Waals surface area contributed by atoms with Crippen molar-refractivity contribution in [2.24, 2.45) is 0 Å². The number of benzene rings is 1. The van der Waals surface area contributed by atoms with Crippen LogP contribution in [0, 0.1) is 12.7 Å². The number of carbonyl (C=O) groups excluding carboxylic acids is 1. The number of nitrogens with zero attached hydrogens (tertiary/aromatic N) is 4. The molecule has 1 amide bonds. The summed E-state index contributed by atoms with van der Waals surface area (Å²) in [7, 11) is 0. The Bertz CT molecular complexity index is 915. The number of carbonyl (C=O) groups is 1. The number of hydrogen-bond donors (Lipinski definition) is 3. The van der Waals surface area contributed by atoms with Crippen molar-refractivity contribution < 1.29 is 13.9 Å². The first kappa shape index (κ1) is 19.3. The fourth-order valence-electron chi connectivity index (χ4n) is 4.26. The third kappa shape index (κ3) is 3.41. The molecule has 0 saturated carbocycles. The first-order chi connectivity index (χ1) is 14.6. The lowest BCUT2D eigenvalue weighted by atomic mass is 9.94. The Labute approximate surface area is 173 Å². The fraction of sp³-hybridized carbons (Fsp3) is 0.450. The lowest BCUT2D eigenvalue weighted by Gasteiger charge is -2.37. The molecule has 5 rings (SSSR count). The summed E-state index contributed by atoms with van der Waals surface area (Å²) in [6, 6.07) is 4.34. The molecule has 30 heavy (non-hydrogen) atoms. The topological polar surface area (TPSA) is 94.7 Å². The number of anilines is 2. The third-order valence-corrected chi connectivity index (χ3v) is 5.86. The van der Waals surface area contributed by atoms with Crippen LogP contribution in [0.3, 0.4) is 0 Å². The normalized spacial score (nSPS) is 26.7. The van der Waals surface area contributed by atoms with Gasteiger partial charge in [0.15, 0.2) is 0 Å². The molecule has 0 radical (unpaired) electrons. The van der Waals surface area contributed by atoms with Crippen LogP contribution in [-0.2, 0) is 9.53 Å². The summed E-state index contributed by atoms with van der Waals surface area (Å²) in [5.41, 5.74) is 11.5. The van der Waals surface area contributed by atoms with Gasteiger partial charge >= 0.3 is 0 Å². The quantitative estimate of drug-likeness (QED) is 0.673. The van der Waals surface area contributed by atoms with Crippen LogP contribution in [0.2, 0.25) is 0 Å². The first-order valence-electron chi connectivity index (χ1n) is 10.1. The van der Waals surface area contributed by atoms with Crippen molar-refractivity contribution in [2.75, 3.05) is 36.2 Å². The number of hydrazine groups is 2. The van der Waals surface area contributed by atoms with Crippen molar-refractivity contribution in [3.8, 4) is 0 Å². The van der Waals surface area contributed by atoms with Crippen LogP contribution in [0.25, 0.3) is 0 Å². The zero-order valence-corrected chi connectivity index (χ0v) is 16.6. The van der Waals surface area contributed by atoms with E-state index in [-0.39, 0.29) is 36.1 Å². The highest BCUT2D eigenvalue weighted by molar-refractivity contribution is 5.94. The van der Waals surface area contributed by atoms with Crippen molar-refractivity contribution in [1.82, 2.24) is 26.2 Å². The minimum atomic E-state index is -0.428. The number of morpholine rings is 1. The second-order valence-corrected chi connectivity index (χ2v) is 7.78. The van der Waals surface area contributed by atoms with E-state index in [0.29, 0.717) is 24.7 Å². The van der Waals surface area contributed by atoms with E-state index in [9.17, 15) is 9.18 Å². The summed E-state index contributed by atoms with van der Waals surface area (Å²) in [6.07, 6.45) is 3.86. The van der Waals surface area contributed by atoms with E-state index in [1.807, 2.05) is 0 Å². The fourth-order valence-corrected chi connectivity index (χ4v) is 4.26. The van der Waals surface area contributed by atoms with E-state index >= 15 is 0 Å². The van der Waals surface area contributed by atoms with Gasteiger partial charge in [0.05, 0.1) is 31.0 Å². The number of aryl methyl sites for hydroxylation is 1. The molecule has 3 unspecified atom stereocenters. The smallest absolute Gasteiger partial charge is 0.243 e. The number of fused-ring (bicyclic) bond motifs is 1. The summed E-state index contributed by atoms with van der Waals surface area (Å²) >= 11 is 0. The Morgan fingerprint density at radius 1 is 1.17 bits per heavy atom. The van der Waals surface area contributed by atoms with Gasteiger partial charge in [0.1, 0.15) is 5.82 Å². The van der Waals surface area contributed by atoms with Crippen LogP contribution in [0.5, 0.6) is 0 Å². The van der Waals surface area contributed by atoms with Crippen LogP contribution < -0.4 is 26.2 Å². The van der Waals surface area contributed by atoms with E-state index in [4.69, 9.17) is 4.74 Å². The molecule has 0 aliphatic carbocycles. The molecule has 1 aromatic heterocycles. The summed E-state index contributed by atoms with van der Waals surface area (Å²) < 4.78 is 19.9. The predicted octanol–water partition coefficient (Wildman–Crippen LogP) is 0.588. The molecular formula is C20H24FN7O2. The van der Waals surface area contributed by atoms with Crippen molar-refractivity contribution in [3.05, 3.63) is 47.5 Å². The number of halogens is 1. The molecule has 1 aromatic carbocycles. The van der Waals surface area contributed by atoms with E-state index in [2.05, 4.69) is 31.1 Å². The van der Waals surface area contributed by atoms with Crippen molar-refractivity contribution >= 4 is 17.5 Å². The molecule has 158 valence electrons. The highest BCUT2D eigenvalue weighted by atomic mass is 19.1. The maximum absolute atomic E-state index is 14.5. The summed E-state index contributed by atoms with van der Waals surface area (Å²) in [6.45, 7) is 4.68. The van der Waals surface area contributed by atoms with Gasteiger partial charge in [-0.2, -0.15) is 0 Å². The van der Waals surface area contributed by atoms with Gasteiger partial charge in [-0.15, -0.1) is 0 Å².